The van der Waals surface area contributed by atoms with E-state index >= 15 is 0 Å². The van der Waals surface area contributed by atoms with Gasteiger partial charge in [-0.05, 0) is 32.5 Å². The van der Waals surface area contributed by atoms with Crippen LogP contribution in [0.1, 0.15) is 20.3 Å². The summed E-state index contributed by atoms with van der Waals surface area (Å²) in [6.07, 6.45) is 7.64. The summed E-state index contributed by atoms with van der Waals surface area (Å²) in [6.45, 7) is 5.94. The number of carbonyl (C=O) groups is 2. The van der Waals surface area contributed by atoms with E-state index in [0.717, 1.165) is 13.0 Å². The highest BCUT2D eigenvalue weighted by Gasteiger charge is 2.41. The maximum absolute atomic E-state index is 12.4. The minimum absolute atomic E-state index is 0.287. The van der Waals surface area contributed by atoms with Gasteiger partial charge in [0.1, 0.15) is 0 Å². The summed E-state index contributed by atoms with van der Waals surface area (Å²) in [5.41, 5.74) is 0. The number of hydrogen-bond donors (Lipinski definition) is 0. The molecule has 1 fully saturated rings. The average Bonchev–Trinajstić information content (AvgIpc) is 3.04. The molecule has 1 saturated heterocycles. The smallest absolute Gasteiger partial charge is 0.246 e. The maximum Gasteiger partial charge on any atom is 0.246 e. The summed E-state index contributed by atoms with van der Waals surface area (Å²) in [6, 6.07) is 0. The number of thiocarbonyl (C=S) groups is 1. The number of hydrogen-bond acceptors (Lipinski definition) is 5. The van der Waals surface area contributed by atoms with Crippen LogP contribution in [0.4, 0.5) is 0 Å². The van der Waals surface area contributed by atoms with Crippen molar-refractivity contribution >= 4 is 35.4 Å². The molecule has 0 radical (unpaired) electrons. The molecule has 0 unspecified atom stereocenters. The second-order valence-electron chi connectivity index (χ2n) is 5.13. The van der Waals surface area contributed by atoms with Crippen molar-refractivity contribution in [3.05, 3.63) is 18.7 Å². The Bertz CT molecular complexity index is 573. The Morgan fingerprint density at radius 3 is 2.43 bits per heavy atom. The SMILES string of the molecule is CCN1C(=O)C(C=NCCCn2ccnc2)C(=O)N(CC)C1=S. The fraction of sp³-hybridized carbons (Fsp3) is 0.533. The van der Waals surface area contributed by atoms with Gasteiger partial charge in [0, 0.05) is 44.8 Å². The van der Waals surface area contributed by atoms with Crippen molar-refractivity contribution in [2.45, 2.75) is 26.8 Å². The molecule has 124 valence electrons. The predicted molar refractivity (Wildman–Crippen MR) is 91.1 cm³/mol. The molecule has 0 atom stereocenters. The number of aromatic nitrogens is 2. The van der Waals surface area contributed by atoms with Crippen LogP contribution in [0.5, 0.6) is 0 Å². The van der Waals surface area contributed by atoms with Gasteiger partial charge < -0.3 is 4.57 Å². The number of carbonyl (C=O) groups excluding carboxylic acids is 2. The molecule has 1 aromatic heterocycles. The second-order valence-corrected chi connectivity index (χ2v) is 5.50. The van der Waals surface area contributed by atoms with Crippen LogP contribution in [0.2, 0.25) is 0 Å². The third kappa shape index (κ3) is 3.82. The van der Waals surface area contributed by atoms with Crippen LogP contribution in [0.25, 0.3) is 0 Å². The molecule has 23 heavy (non-hydrogen) atoms. The largest absolute Gasteiger partial charge is 0.337 e. The Hall–Kier alpha value is -2.09. The molecule has 2 rings (SSSR count). The Morgan fingerprint density at radius 2 is 1.91 bits per heavy atom. The molecule has 1 aliphatic heterocycles. The van der Waals surface area contributed by atoms with Crippen molar-refractivity contribution < 1.29 is 9.59 Å². The first-order valence-corrected chi connectivity index (χ1v) is 8.13. The lowest BCUT2D eigenvalue weighted by molar-refractivity contribution is -0.143. The van der Waals surface area contributed by atoms with Crippen molar-refractivity contribution in [1.82, 2.24) is 19.4 Å². The Morgan fingerprint density at radius 1 is 1.26 bits per heavy atom. The molecule has 0 N–H and O–H groups in total. The van der Waals surface area contributed by atoms with Crippen molar-refractivity contribution in [2.75, 3.05) is 19.6 Å². The van der Waals surface area contributed by atoms with Crippen molar-refractivity contribution in [3.8, 4) is 0 Å². The van der Waals surface area contributed by atoms with E-state index in [4.69, 9.17) is 12.2 Å². The molecular weight excluding hydrogens is 314 g/mol. The Balaban J connectivity index is 1.96. The van der Waals surface area contributed by atoms with E-state index in [-0.39, 0.29) is 16.9 Å². The maximum atomic E-state index is 12.4. The number of aliphatic imine (C=N–C) groups is 1. The van der Waals surface area contributed by atoms with Gasteiger partial charge in [-0.3, -0.25) is 24.4 Å². The van der Waals surface area contributed by atoms with Gasteiger partial charge in [0.2, 0.25) is 11.8 Å². The highest BCUT2D eigenvalue weighted by atomic mass is 32.1. The summed E-state index contributed by atoms with van der Waals surface area (Å²) < 4.78 is 1.96. The van der Waals surface area contributed by atoms with Crippen LogP contribution in [0, 0.1) is 5.92 Å². The fourth-order valence-corrected chi connectivity index (χ4v) is 2.87. The van der Waals surface area contributed by atoms with Crippen LogP contribution in [-0.2, 0) is 16.1 Å². The number of imidazole rings is 1. The molecule has 1 aliphatic rings. The lowest BCUT2D eigenvalue weighted by Gasteiger charge is -2.37. The molecule has 8 heteroatoms. The van der Waals surface area contributed by atoms with Crippen molar-refractivity contribution in [2.24, 2.45) is 10.9 Å². The van der Waals surface area contributed by atoms with Crippen molar-refractivity contribution in [3.63, 3.8) is 0 Å². The average molecular weight is 335 g/mol. The standard InChI is InChI=1S/C15H21N5O2S/c1-3-19-13(21)12(14(22)20(4-2)15(19)23)10-16-6-5-8-18-9-7-17-11-18/h7,9-12H,3-6,8H2,1-2H3. The number of amides is 2. The first kappa shape index (κ1) is 17.3. The zero-order valence-corrected chi connectivity index (χ0v) is 14.2. The third-order valence-corrected chi connectivity index (χ3v) is 4.12. The van der Waals surface area contributed by atoms with Crippen LogP contribution < -0.4 is 0 Å². The highest BCUT2D eigenvalue weighted by Crippen LogP contribution is 2.16. The first-order chi connectivity index (χ1) is 11.1. The third-order valence-electron chi connectivity index (χ3n) is 3.68. The quantitative estimate of drug-likeness (QED) is 0.322. The summed E-state index contributed by atoms with van der Waals surface area (Å²) in [5.74, 6) is -1.44. The second kappa shape index (κ2) is 7.96. The van der Waals surface area contributed by atoms with E-state index in [0.29, 0.717) is 19.6 Å². The predicted octanol–water partition coefficient (Wildman–Crippen LogP) is 0.956. The van der Waals surface area contributed by atoms with E-state index in [1.807, 2.05) is 24.6 Å². The van der Waals surface area contributed by atoms with E-state index in [9.17, 15) is 9.59 Å². The topological polar surface area (TPSA) is 70.8 Å². The monoisotopic (exact) mass is 335 g/mol. The number of nitrogens with zero attached hydrogens (tertiary/aromatic N) is 5. The molecule has 1 aromatic rings. The van der Waals surface area contributed by atoms with E-state index in [2.05, 4.69) is 9.98 Å². The van der Waals surface area contributed by atoms with Gasteiger partial charge in [-0.2, -0.15) is 0 Å². The Kier molecular flexibility index (Phi) is 5.97. The zero-order chi connectivity index (χ0) is 16.8. The highest BCUT2D eigenvalue weighted by molar-refractivity contribution is 7.80. The van der Waals surface area contributed by atoms with E-state index < -0.39 is 5.92 Å². The molecule has 0 spiro atoms. The van der Waals surface area contributed by atoms with E-state index in [1.54, 1.807) is 12.5 Å². The number of aryl methyl sites for hydroxylation is 1. The van der Waals surface area contributed by atoms with Gasteiger partial charge in [-0.25, -0.2) is 4.98 Å². The summed E-state index contributed by atoms with van der Waals surface area (Å²) in [4.78, 5) is 35.9. The molecule has 2 amide bonds. The molecule has 7 nitrogen and oxygen atoms in total. The fourth-order valence-electron chi connectivity index (χ4n) is 2.43. The molecule has 0 bridgehead atoms. The molecule has 0 aromatic carbocycles. The van der Waals surface area contributed by atoms with Gasteiger partial charge in [-0.1, -0.05) is 0 Å². The summed E-state index contributed by atoms with van der Waals surface area (Å²) in [7, 11) is 0. The molecular formula is C15H21N5O2S. The van der Waals surface area contributed by atoms with Gasteiger partial charge in [0.15, 0.2) is 11.0 Å². The molecule has 0 aliphatic carbocycles. The molecule has 2 heterocycles. The normalized spacial score (nSPS) is 16.9. The Labute approximate surface area is 141 Å². The van der Waals surface area contributed by atoms with Gasteiger partial charge in [-0.15, -0.1) is 0 Å². The first-order valence-electron chi connectivity index (χ1n) is 7.72. The van der Waals surface area contributed by atoms with Gasteiger partial charge in [0.05, 0.1) is 6.33 Å². The lowest BCUT2D eigenvalue weighted by atomic mass is 10.1. The van der Waals surface area contributed by atoms with Gasteiger partial charge in [0.25, 0.3) is 0 Å². The van der Waals surface area contributed by atoms with Crippen LogP contribution in [0.15, 0.2) is 23.7 Å². The molecule has 0 saturated carbocycles. The van der Waals surface area contributed by atoms with Crippen LogP contribution in [-0.4, -0.2) is 62.1 Å². The summed E-state index contributed by atoms with van der Waals surface area (Å²) in [5, 5.41) is 0.287. The van der Waals surface area contributed by atoms with Crippen molar-refractivity contribution in [1.29, 1.82) is 0 Å². The number of rotatable bonds is 7. The zero-order valence-electron chi connectivity index (χ0n) is 13.4. The summed E-state index contributed by atoms with van der Waals surface area (Å²) >= 11 is 5.21. The van der Waals surface area contributed by atoms with Crippen LogP contribution >= 0.6 is 12.2 Å². The minimum atomic E-state index is -0.866. The van der Waals surface area contributed by atoms with Gasteiger partial charge >= 0.3 is 0 Å². The minimum Gasteiger partial charge on any atom is -0.337 e. The van der Waals surface area contributed by atoms with Crippen LogP contribution in [0.3, 0.4) is 0 Å². The lowest BCUT2D eigenvalue weighted by Crippen LogP contribution is -2.59. The van der Waals surface area contributed by atoms with E-state index in [1.165, 1.54) is 16.0 Å².